The van der Waals surface area contributed by atoms with E-state index in [9.17, 15) is 52.5 Å². The summed E-state index contributed by atoms with van der Waals surface area (Å²) in [7, 11) is -8.95. The van der Waals surface area contributed by atoms with E-state index >= 15 is 0 Å². The molecule has 45 heavy (non-hydrogen) atoms. The Morgan fingerprint density at radius 1 is 0.822 bits per heavy atom. The van der Waals surface area contributed by atoms with Crippen molar-refractivity contribution in [1.29, 1.82) is 0 Å². The second-order valence-electron chi connectivity index (χ2n) is 9.31. The summed E-state index contributed by atoms with van der Waals surface area (Å²) in [6, 6.07) is 0.888. The van der Waals surface area contributed by atoms with Gasteiger partial charge in [0.2, 0.25) is 5.88 Å². The van der Waals surface area contributed by atoms with Gasteiger partial charge in [0.1, 0.15) is 11.6 Å². The highest BCUT2D eigenvalue weighted by atomic mass is 32.2. The third-order valence-corrected chi connectivity index (χ3v) is 10.7. The number of carbonyl (C=O) groups is 1. The fourth-order valence-corrected chi connectivity index (χ4v) is 8.92. The first-order valence-electron chi connectivity index (χ1n) is 12.6. The molecule has 2 aromatic heterocycles. The van der Waals surface area contributed by atoms with Gasteiger partial charge in [-0.05, 0) is 18.9 Å². The number of aromatic nitrogens is 4. The summed E-state index contributed by atoms with van der Waals surface area (Å²) in [5.74, 6) is -6.17. The molecule has 0 amide bonds. The van der Waals surface area contributed by atoms with Gasteiger partial charge >= 0.3 is 18.7 Å². The van der Waals surface area contributed by atoms with E-state index in [2.05, 4.69) is 29.4 Å². The van der Waals surface area contributed by atoms with E-state index in [0.29, 0.717) is 0 Å². The number of hydrogen-bond acceptors (Lipinski definition) is 13. The number of nitrogens with zero attached hydrogens (tertiary/aromatic N) is 4. The maximum atomic E-state index is 14.0. The van der Waals surface area contributed by atoms with Crippen LogP contribution in [-0.4, -0.2) is 87.4 Å². The minimum absolute atomic E-state index is 0.112. The lowest BCUT2D eigenvalue weighted by Gasteiger charge is -2.35. The van der Waals surface area contributed by atoms with Crippen molar-refractivity contribution in [3.63, 3.8) is 0 Å². The number of ketones is 1. The van der Waals surface area contributed by atoms with Crippen LogP contribution >= 0.6 is 23.5 Å². The molecule has 0 saturated heterocycles. The third kappa shape index (κ3) is 12.7. The van der Waals surface area contributed by atoms with E-state index in [1.165, 1.54) is 6.07 Å². The number of carbonyl (C=O) groups excluding carboxylic acids is 1. The topological polar surface area (TPSA) is 196 Å². The van der Waals surface area contributed by atoms with Crippen LogP contribution in [0.5, 0.6) is 11.9 Å². The molecule has 0 spiro atoms. The van der Waals surface area contributed by atoms with E-state index in [4.69, 9.17) is 4.55 Å². The van der Waals surface area contributed by atoms with Gasteiger partial charge in [-0.25, -0.2) is 9.97 Å². The molecule has 4 atom stereocenters. The van der Waals surface area contributed by atoms with Crippen LogP contribution in [0.2, 0.25) is 0 Å². The number of ether oxygens (including phenoxy) is 2. The van der Waals surface area contributed by atoms with Crippen molar-refractivity contribution in [2.45, 2.75) is 42.5 Å². The Hall–Kier alpha value is -2.47. The number of rotatable bonds is 14. The Kier molecular flexibility index (Phi) is 12.3. The lowest BCUT2D eigenvalue weighted by molar-refractivity contribution is -0.278. The molecule has 2 aromatic rings. The van der Waals surface area contributed by atoms with Crippen molar-refractivity contribution in [3.05, 3.63) is 36.0 Å². The minimum Gasteiger partial charge on any atom is -0.388 e. The number of hydrogen-bond donors (Lipinski definition) is 2. The molecule has 2 N–H and O–H groups in total. The second-order valence-corrected chi connectivity index (χ2v) is 15.0. The second kappa shape index (κ2) is 15.0. The van der Waals surface area contributed by atoms with Crippen LogP contribution in [0.25, 0.3) is 0 Å². The molecule has 1 aliphatic carbocycles. The average Bonchev–Trinajstić information content (AvgIpc) is 2.87. The fourth-order valence-electron chi connectivity index (χ4n) is 4.39. The van der Waals surface area contributed by atoms with Gasteiger partial charge in [0.15, 0.2) is 0 Å². The summed E-state index contributed by atoms with van der Waals surface area (Å²) < 4.78 is 148. The van der Waals surface area contributed by atoms with Gasteiger partial charge < -0.3 is 9.47 Å². The van der Waals surface area contributed by atoms with Crippen molar-refractivity contribution in [3.8, 4) is 11.9 Å². The maximum Gasteiger partial charge on any atom is 0.575 e. The highest BCUT2D eigenvalue weighted by Gasteiger charge is 2.43. The zero-order chi connectivity index (χ0) is 33.6. The Balaban J connectivity index is 2.00. The van der Waals surface area contributed by atoms with Crippen LogP contribution in [0.15, 0.2) is 24.5 Å². The number of Topliss-reactive ketones (excluding diaryl/α,β-unsaturated/α-hetero) is 1. The van der Waals surface area contributed by atoms with Crippen LogP contribution in [-0.2, 0) is 25.0 Å². The minimum atomic E-state index is -5.16. The van der Waals surface area contributed by atoms with Crippen molar-refractivity contribution in [2.24, 2.45) is 11.8 Å². The summed E-state index contributed by atoms with van der Waals surface area (Å²) in [4.78, 5) is 28.9. The summed E-state index contributed by atoms with van der Waals surface area (Å²) in [5, 5.41) is -2.28. The van der Waals surface area contributed by atoms with Crippen LogP contribution in [0.1, 0.15) is 41.3 Å². The van der Waals surface area contributed by atoms with Crippen molar-refractivity contribution in [2.75, 3.05) is 23.0 Å². The van der Waals surface area contributed by atoms with E-state index in [0.717, 1.165) is 42.0 Å². The first-order chi connectivity index (χ1) is 20.7. The molecule has 4 unspecified atom stereocenters. The Labute approximate surface area is 260 Å². The van der Waals surface area contributed by atoms with Crippen molar-refractivity contribution < 1.29 is 66.6 Å². The van der Waals surface area contributed by atoms with Crippen LogP contribution in [0, 0.1) is 11.8 Å². The summed E-state index contributed by atoms with van der Waals surface area (Å²) in [5.41, 5.74) is -0.143. The van der Waals surface area contributed by atoms with E-state index in [-0.39, 0.29) is 42.3 Å². The lowest BCUT2D eigenvalue weighted by atomic mass is 9.76. The highest BCUT2D eigenvalue weighted by molar-refractivity contribution is 8.00. The van der Waals surface area contributed by atoms with Crippen LogP contribution in [0.3, 0.4) is 0 Å². The van der Waals surface area contributed by atoms with Gasteiger partial charge in [-0.3, -0.25) is 13.9 Å². The Bertz CT molecular complexity index is 1440. The summed E-state index contributed by atoms with van der Waals surface area (Å²) in [6.07, 6.45) is -7.90. The predicted octanol–water partition coefficient (Wildman–Crippen LogP) is 4.07. The predicted molar refractivity (Wildman–Crippen MR) is 146 cm³/mol. The lowest BCUT2D eigenvalue weighted by Crippen LogP contribution is -2.35. The fraction of sp³-hybridized carbons (Fsp3) is 0.591. The van der Waals surface area contributed by atoms with Gasteiger partial charge in [0.25, 0.3) is 20.2 Å². The first-order valence-corrected chi connectivity index (χ1v) is 17.9. The molecule has 252 valence electrons. The zero-order valence-corrected chi connectivity index (χ0v) is 25.8. The van der Waals surface area contributed by atoms with E-state index in [1.807, 2.05) is 0 Å². The smallest absolute Gasteiger partial charge is 0.388 e. The van der Waals surface area contributed by atoms with Gasteiger partial charge in [-0.1, -0.05) is 6.42 Å². The average molecular weight is 731 g/mol. The molecule has 1 fully saturated rings. The molecule has 0 bridgehead atoms. The molecule has 0 aliphatic heterocycles. The van der Waals surface area contributed by atoms with Crippen LogP contribution < -0.4 is 9.47 Å². The van der Waals surface area contributed by atoms with Gasteiger partial charge in [-0.2, -0.15) is 38.6 Å². The highest BCUT2D eigenvalue weighted by Crippen LogP contribution is 2.48. The number of alkyl halides is 6. The molecule has 1 aliphatic rings. The normalized spacial score (nSPS) is 19.6. The summed E-state index contributed by atoms with van der Waals surface area (Å²) >= 11 is 1.56. The van der Waals surface area contributed by atoms with Crippen molar-refractivity contribution >= 4 is 49.5 Å². The Morgan fingerprint density at radius 3 is 1.91 bits per heavy atom. The Morgan fingerprint density at radius 2 is 1.36 bits per heavy atom. The number of thioether (sulfide) groups is 2. The molecular formula is C22H24F6N4O9S4. The first kappa shape index (κ1) is 37.0. The molecule has 0 radical (unpaired) electrons. The summed E-state index contributed by atoms with van der Waals surface area (Å²) in [6.45, 7) is 0. The molecule has 2 heterocycles. The standard InChI is InChI=1S/C22H24F6N4O9S4/c23-21(24,25)40-15-5-7-29-19(32-15)18(43-9-11-45(37,38)39)13-3-1-2-12(16(13)33)17(42-8-10-44(34,35)36)14-4-6-30-20(31-14)41-22(26,27)28/h4-7,12-13,17-18H,1-3,8-11H2,(H,34,35,36)(H,37,38,39). The SMILES string of the molecule is O=C1C(C(SCCS(=O)(=O)O)c2ccnc(OC(F)(F)F)n2)CCCC1C(SCCS(=O)(=O)O)c1nccc(OC(F)(F)F)n1. The van der Waals surface area contributed by atoms with Gasteiger partial charge in [0.05, 0.1) is 27.7 Å². The quantitative estimate of drug-likeness (QED) is 0.208. The van der Waals surface area contributed by atoms with Gasteiger partial charge in [-0.15, -0.1) is 38.1 Å². The van der Waals surface area contributed by atoms with E-state index < -0.39 is 84.5 Å². The largest absolute Gasteiger partial charge is 0.575 e. The third-order valence-electron chi connectivity index (χ3n) is 6.05. The molecule has 13 nitrogen and oxygen atoms in total. The van der Waals surface area contributed by atoms with Crippen molar-refractivity contribution in [1.82, 2.24) is 19.9 Å². The molecular weight excluding hydrogens is 707 g/mol. The molecule has 3 rings (SSSR count). The molecule has 0 aromatic carbocycles. The number of halogens is 6. The monoisotopic (exact) mass is 730 g/mol. The molecule has 1 saturated carbocycles. The van der Waals surface area contributed by atoms with Crippen LogP contribution in [0.4, 0.5) is 26.3 Å². The van der Waals surface area contributed by atoms with E-state index in [1.54, 1.807) is 0 Å². The maximum absolute atomic E-state index is 14.0. The molecule has 23 heteroatoms. The zero-order valence-electron chi connectivity index (χ0n) is 22.5. The van der Waals surface area contributed by atoms with Gasteiger partial charge in [0, 0.05) is 41.8 Å².